The minimum Gasteiger partial charge on any atom is -0.388 e. The molecule has 2 rings (SSSR count). The van der Waals surface area contributed by atoms with E-state index in [1.165, 1.54) is 4.90 Å². The van der Waals surface area contributed by atoms with Gasteiger partial charge >= 0.3 is 0 Å². The van der Waals surface area contributed by atoms with Crippen LogP contribution in [-0.2, 0) is 7.05 Å². The van der Waals surface area contributed by atoms with Crippen LogP contribution in [0.4, 0.5) is 0 Å². The second-order valence-electron chi connectivity index (χ2n) is 3.85. The highest BCUT2D eigenvalue weighted by Gasteiger charge is 2.33. The summed E-state index contributed by atoms with van der Waals surface area (Å²) in [6.45, 7) is 0.399. The number of hydrogen-bond donors (Lipinski definition) is 2. The Bertz CT molecular complexity index is 364. The van der Waals surface area contributed by atoms with Crippen molar-refractivity contribution in [2.45, 2.75) is 12.2 Å². The maximum atomic E-state index is 11.9. The average molecular weight is 210 g/mol. The first kappa shape index (κ1) is 10.2. The van der Waals surface area contributed by atoms with Crippen LogP contribution in [0.1, 0.15) is 10.5 Å². The summed E-state index contributed by atoms with van der Waals surface area (Å²) in [6.07, 6.45) is 0.138. The van der Waals surface area contributed by atoms with Crippen LogP contribution in [0.3, 0.4) is 0 Å². The molecule has 0 aliphatic carbocycles. The first-order valence-electron chi connectivity index (χ1n) is 4.86. The van der Waals surface area contributed by atoms with E-state index in [1.807, 2.05) is 0 Å². The normalized spacial score (nSPS) is 25.9. The van der Waals surface area contributed by atoms with Gasteiger partial charge in [-0.25, -0.2) is 0 Å². The van der Waals surface area contributed by atoms with Crippen molar-refractivity contribution in [2.24, 2.45) is 7.05 Å². The summed E-state index contributed by atoms with van der Waals surface area (Å²) < 4.78 is 1.72. The van der Waals surface area contributed by atoms with E-state index in [9.17, 15) is 15.0 Å². The van der Waals surface area contributed by atoms with Crippen LogP contribution in [0.15, 0.2) is 18.3 Å². The van der Waals surface area contributed by atoms with E-state index in [0.29, 0.717) is 5.69 Å². The molecule has 82 valence electrons. The molecule has 0 spiro atoms. The number of aryl methyl sites for hydroxylation is 1. The summed E-state index contributed by atoms with van der Waals surface area (Å²) in [7, 11) is 1.79. The van der Waals surface area contributed by atoms with Gasteiger partial charge in [-0.3, -0.25) is 4.79 Å². The topological polar surface area (TPSA) is 65.7 Å². The molecule has 0 aromatic carbocycles. The number of carbonyl (C=O) groups excluding carboxylic acids is 1. The zero-order chi connectivity index (χ0) is 11.0. The lowest BCUT2D eigenvalue weighted by molar-refractivity contribution is 0.0572. The third-order valence-corrected chi connectivity index (χ3v) is 2.71. The molecule has 2 N–H and O–H groups in total. The zero-order valence-electron chi connectivity index (χ0n) is 8.50. The highest BCUT2D eigenvalue weighted by molar-refractivity contribution is 5.93. The van der Waals surface area contributed by atoms with E-state index >= 15 is 0 Å². The minimum absolute atomic E-state index is 0.155. The van der Waals surface area contributed by atoms with Gasteiger partial charge in [0.25, 0.3) is 5.91 Å². The molecule has 15 heavy (non-hydrogen) atoms. The highest BCUT2D eigenvalue weighted by Crippen LogP contribution is 2.14. The van der Waals surface area contributed by atoms with E-state index in [0.717, 1.165) is 0 Å². The van der Waals surface area contributed by atoms with Gasteiger partial charge in [-0.15, -0.1) is 0 Å². The van der Waals surface area contributed by atoms with Gasteiger partial charge < -0.3 is 19.7 Å². The minimum atomic E-state index is -0.825. The number of β-amino-alcohol motifs (C(OH)–C–C–N with tert-alkyl or cyclic N) is 2. The van der Waals surface area contributed by atoms with Crippen molar-refractivity contribution >= 4 is 5.91 Å². The Balaban J connectivity index is 2.13. The Hall–Kier alpha value is -1.33. The van der Waals surface area contributed by atoms with Crippen LogP contribution >= 0.6 is 0 Å². The molecule has 0 radical (unpaired) electrons. The second-order valence-corrected chi connectivity index (χ2v) is 3.85. The largest absolute Gasteiger partial charge is 0.388 e. The van der Waals surface area contributed by atoms with Gasteiger partial charge in [0, 0.05) is 26.3 Å². The maximum Gasteiger partial charge on any atom is 0.270 e. The number of carbonyl (C=O) groups is 1. The fraction of sp³-hybridized carbons (Fsp3) is 0.500. The van der Waals surface area contributed by atoms with Crippen LogP contribution in [0.25, 0.3) is 0 Å². The molecule has 5 heteroatoms. The van der Waals surface area contributed by atoms with Crippen molar-refractivity contribution in [3.63, 3.8) is 0 Å². The number of rotatable bonds is 1. The van der Waals surface area contributed by atoms with Crippen molar-refractivity contribution in [2.75, 3.05) is 13.1 Å². The Labute approximate surface area is 87.5 Å². The van der Waals surface area contributed by atoms with E-state index in [-0.39, 0.29) is 19.0 Å². The van der Waals surface area contributed by atoms with E-state index in [2.05, 4.69) is 0 Å². The lowest BCUT2D eigenvalue weighted by atomic mass is 10.3. The van der Waals surface area contributed by atoms with Crippen molar-refractivity contribution < 1.29 is 15.0 Å². The van der Waals surface area contributed by atoms with Crippen LogP contribution in [0.2, 0.25) is 0 Å². The lowest BCUT2D eigenvalue weighted by Gasteiger charge is -2.15. The molecule has 1 fully saturated rings. The number of hydrogen-bond acceptors (Lipinski definition) is 3. The summed E-state index contributed by atoms with van der Waals surface area (Å²) in [5, 5.41) is 18.7. The Morgan fingerprint density at radius 1 is 1.40 bits per heavy atom. The molecule has 0 saturated carbocycles. The van der Waals surface area contributed by atoms with Crippen molar-refractivity contribution in [3.05, 3.63) is 24.0 Å². The van der Waals surface area contributed by atoms with Crippen LogP contribution in [-0.4, -0.2) is 50.9 Å². The number of aliphatic hydroxyl groups is 2. The molecule has 2 heterocycles. The molecule has 2 atom stereocenters. The Morgan fingerprint density at radius 3 is 2.47 bits per heavy atom. The average Bonchev–Trinajstić information content (AvgIpc) is 2.74. The Morgan fingerprint density at radius 2 is 2.00 bits per heavy atom. The SMILES string of the molecule is Cn1cccc1C(=O)N1C[C@@H](O)[C@@H](O)C1. The van der Waals surface area contributed by atoms with Gasteiger partial charge in [0.05, 0.1) is 12.2 Å². The lowest BCUT2D eigenvalue weighted by Crippen LogP contribution is -2.31. The van der Waals surface area contributed by atoms with Gasteiger partial charge in [0.1, 0.15) is 5.69 Å². The first-order chi connectivity index (χ1) is 7.09. The quantitative estimate of drug-likeness (QED) is 0.638. The van der Waals surface area contributed by atoms with Crippen molar-refractivity contribution in [1.29, 1.82) is 0 Å². The van der Waals surface area contributed by atoms with Crippen molar-refractivity contribution in [1.82, 2.24) is 9.47 Å². The summed E-state index contributed by atoms with van der Waals surface area (Å²) in [5.41, 5.74) is 0.566. The number of aliphatic hydroxyl groups excluding tert-OH is 2. The number of nitrogens with zero attached hydrogens (tertiary/aromatic N) is 2. The first-order valence-corrected chi connectivity index (χ1v) is 4.86. The molecule has 0 bridgehead atoms. The van der Waals surface area contributed by atoms with Crippen molar-refractivity contribution in [3.8, 4) is 0 Å². The monoisotopic (exact) mass is 210 g/mol. The van der Waals surface area contributed by atoms with Gasteiger partial charge in [-0.1, -0.05) is 0 Å². The van der Waals surface area contributed by atoms with Gasteiger partial charge in [0.15, 0.2) is 0 Å². The van der Waals surface area contributed by atoms with Gasteiger partial charge in [-0.05, 0) is 12.1 Å². The smallest absolute Gasteiger partial charge is 0.270 e. The molecular formula is C10H14N2O3. The zero-order valence-corrected chi connectivity index (χ0v) is 8.50. The summed E-state index contributed by atoms with van der Waals surface area (Å²) in [4.78, 5) is 13.4. The summed E-state index contributed by atoms with van der Waals surface area (Å²) in [6, 6.07) is 3.51. The number of likely N-dealkylation sites (tertiary alicyclic amines) is 1. The standard InChI is InChI=1S/C10H14N2O3/c1-11-4-2-3-7(11)10(15)12-5-8(13)9(14)6-12/h2-4,8-9,13-14H,5-6H2,1H3/t8-,9+. The molecule has 1 aromatic heterocycles. The maximum absolute atomic E-state index is 11.9. The third kappa shape index (κ3) is 1.75. The van der Waals surface area contributed by atoms with E-state index in [1.54, 1.807) is 29.9 Å². The fourth-order valence-corrected chi connectivity index (χ4v) is 1.78. The van der Waals surface area contributed by atoms with Gasteiger partial charge in [0.2, 0.25) is 0 Å². The van der Waals surface area contributed by atoms with Crippen LogP contribution in [0, 0.1) is 0 Å². The van der Waals surface area contributed by atoms with Crippen LogP contribution < -0.4 is 0 Å². The van der Waals surface area contributed by atoms with E-state index < -0.39 is 12.2 Å². The third-order valence-electron chi connectivity index (χ3n) is 2.71. The predicted molar refractivity (Wildman–Crippen MR) is 53.3 cm³/mol. The molecule has 1 saturated heterocycles. The number of aromatic nitrogens is 1. The highest BCUT2D eigenvalue weighted by atomic mass is 16.3. The molecule has 0 unspecified atom stereocenters. The molecule has 1 amide bonds. The molecular weight excluding hydrogens is 196 g/mol. The number of amides is 1. The Kier molecular flexibility index (Phi) is 2.50. The van der Waals surface area contributed by atoms with E-state index in [4.69, 9.17) is 0 Å². The fourth-order valence-electron chi connectivity index (χ4n) is 1.78. The second kappa shape index (κ2) is 3.67. The van der Waals surface area contributed by atoms with Gasteiger partial charge in [-0.2, -0.15) is 0 Å². The molecule has 5 nitrogen and oxygen atoms in total. The molecule has 1 aliphatic heterocycles. The summed E-state index contributed by atoms with van der Waals surface area (Å²) in [5.74, 6) is -0.155. The summed E-state index contributed by atoms with van der Waals surface area (Å²) >= 11 is 0. The predicted octanol–water partition coefficient (Wildman–Crippen LogP) is -0.797. The molecule has 1 aromatic rings. The van der Waals surface area contributed by atoms with Crippen LogP contribution in [0.5, 0.6) is 0 Å². The molecule has 1 aliphatic rings.